The monoisotopic (exact) mass is 804 g/mol. The van der Waals surface area contributed by atoms with Gasteiger partial charge in [0.05, 0.1) is 16.7 Å². The normalized spacial score (nSPS) is 12.1. The molecule has 14 rings (SSSR count). The first-order valence-electron chi connectivity index (χ1n) is 21.2. The molecule has 6 nitrogen and oxygen atoms in total. The molecule has 14 aromatic rings. The molecule has 0 saturated carbocycles. The summed E-state index contributed by atoms with van der Waals surface area (Å²) in [7, 11) is 0. The minimum atomic E-state index is 0.554. The average molecular weight is 805 g/mol. The van der Waals surface area contributed by atoms with E-state index < -0.39 is 0 Å². The van der Waals surface area contributed by atoms with Crippen molar-refractivity contribution in [3.05, 3.63) is 194 Å². The Morgan fingerprint density at radius 2 is 0.873 bits per heavy atom. The Bertz CT molecular complexity index is 4140. The van der Waals surface area contributed by atoms with Gasteiger partial charge in [0.25, 0.3) is 0 Å². The maximum atomic E-state index is 6.89. The van der Waals surface area contributed by atoms with Gasteiger partial charge >= 0.3 is 0 Å². The second-order valence-electron chi connectivity index (χ2n) is 16.4. The van der Waals surface area contributed by atoms with Gasteiger partial charge in [-0.25, -0.2) is 15.0 Å². The summed E-state index contributed by atoms with van der Waals surface area (Å²) in [5, 5.41) is 13.3. The third-order valence-corrected chi connectivity index (χ3v) is 12.7. The van der Waals surface area contributed by atoms with E-state index in [0.717, 1.165) is 88.1 Å². The summed E-state index contributed by atoms with van der Waals surface area (Å²) in [6.45, 7) is 0. The number of nitrogens with zero attached hydrogens (tertiary/aromatic N) is 4. The molecule has 0 spiro atoms. The predicted octanol–water partition coefficient (Wildman–Crippen LogP) is 15.2. The summed E-state index contributed by atoms with van der Waals surface area (Å²) in [4.78, 5) is 16.0. The van der Waals surface area contributed by atoms with Gasteiger partial charge in [0.15, 0.2) is 23.1 Å². The molecule has 10 aromatic carbocycles. The van der Waals surface area contributed by atoms with Gasteiger partial charge in [-0.3, -0.25) is 0 Å². The third-order valence-electron chi connectivity index (χ3n) is 12.7. The molecule has 0 aliphatic carbocycles. The largest absolute Gasteiger partial charge is 0.456 e. The minimum Gasteiger partial charge on any atom is -0.456 e. The van der Waals surface area contributed by atoms with Crippen LogP contribution in [0.4, 0.5) is 0 Å². The van der Waals surface area contributed by atoms with Gasteiger partial charge in [0.2, 0.25) is 0 Å². The van der Waals surface area contributed by atoms with Crippen LogP contribution < -0.4 is 0 Å². The molecule has 0 amide bonds. The molecule has 0 radical (unpaired) electrons. The molecule has 292 valence electrons. The SMILES string of the molecule is c1ccc2cc(-c3nc(-c4cc(-n5c6cc7ccccc7cc6c6cc7ccccc7cc65)c5oc6ccccc6c5c4)nc(-c4cccc5oc6ccccc6c45)n3)ccc2c1. The lowest BCUT2D eigenvalue weighted by molar-refractivity contribution is 0.666. The first-order valence-corrected chi connectivity index (χ1v) is 21.2. The van der Waals surface area contributed by atoms with Crippen molar-refractivity contribution in [1.82, 2.24) is 19.5 Å². The molecule has 4 heterocycles. The van der Waals surface area contributed by atoms with Crippen LogP contribution in [0.15, 0.2) is 203 Å². The molecular formula is C57H32N4O2. The smallest absolute Gasteiger partial charge is 0.164 e. The van der Waals surface area contributed by atoms with E-state index in [0.29, 0.717) is 17.5 Å². The van der Waals surface area contributed by atoms with E-state index in [1.807, 2.05) is 42.5 Å². The zero-order chi connectivity index (χ0) is 41.2. The standard InChI is InChI=1S/C57H32N4O2/c1-2-13-34-26-39(25-24-33(34)12-1)55-58-56(60-57(59-55)43-20-11-23-52-53(43)42-19-8-10-22-51(42)62-52)40-29-46-41-18-7-9-21-50(41)63-54(46)49(32-40)61-47-30-37-16-5-3-14-35(37)27-44(47)45-28-36-15-4-6-17-38(36)31-48(45)61/h1-32H. The van der Waals surface area contributed by atoms with Crippen molar-refractivity contribution in [2.45, 2.75) is 0 Å². The lowest BCUT2D eigenvalue weighted by Crippen LogP contribution is -2.02. The van der Waals surface area contributed by atoms with E-state index in [-0.39, 0.29) is 0 Å². The summed E-state index contributed by atoms with van der Waals surface area (Å²) in [6.07, 6.45) is 0. The molecule has 0 bridgehead atoms. The molecule has 4 aromatic heterocycles. The lowest BCUT2D eigenvalue weighted by atomic mass is 10.0. The number of hydrogen-bond donors (Lipinski definition) is 0. The van der Waals surface area contributed by atoms with Crippen LogP contribution in [0.1, 0.15) is 0 Å². The summed E-state index contributed by atoms with van der Waals surface area (Å²) in [5.74, 6) is 1.70. The number of rotatable bonds is 4. The second-order valence-corrected chi connectivity index (χ2v) is 16.4. The highest BCUT2D eigenvalue weighted by molar-refractivity contribution is 6.18. The van der Waals surface area contributed by atoms with E-state index in [4.69, 9.17) is 23.8 Å². The van der Waals surface area contributed by atoms with Crippen molar-refractivity contribution >= 4 is 98.0 Å². The van der Waals surface area contributed by atoms with Gasteiger partial charge in [-0.05, 0) is 93.0 Å². The maximum absolute atomic E-state index is 6.89. The molecular weight excluding hydrogens is 773 g/mol. The quantitative estimate of drug-likeness (QED) is 0.177. The van der Waals surface area contributed by atoms with E-state index in [1.54, 1.807) is 0 Å². The number of benzene rings is 10. The Balaban J connectivity index is 1.10. The Morgan fingerprint density at radius 3 is 1.57 bits per heavy atom. The molecule has 0 aliphatic rings. The number of para-hydroxylation sites is 2. The van der Waals surface area contributed by atoms with Crippen molar-refractivity contribution in [3.8, 4) is 39.9 Å². The Morgan fingerprint density at radius 1 is 0.333 bits per heavy atom. The lowest BCUT2D eigenvalue weighted by Gasteiger charge is -2.13. The number of furan rings is 2. The summed E-state index contributed by atoms with van der Waals surface area (Å²) >= 11 is 0. The number of fused-ring (bicyclic) bond motifs is 12. The zero-order valence-corrected chi connectivity index (χ0v) is 33.6. The van der Waals surface area contributed by atoms with Crippen molar-refractivity contribution in [2.75, 3.05) is 0 Å². The van der Waals surface area contributed by atoms with Crippen LogP contribution >= 0.6 is 0 Å². The molecule has 0 fully saturated rings. The summed E-state index contributed by atoms with van der Waals surface area (Å²) < 4.78 is 15.6. The highest BCUT2D eigenvalue weighted by atomic mass is 16.3. The molecule has 0 aliphatic heterocycles. The Labute approximate surface area is 358 Å². The van der Waals surface area contributed by atoms with Gasteiger partial charge in [-0.15, -0.1) is 0 Å². The molecule has 6 heteroatoms. The van der Waals surface area contributed by atoms with Crippen LogP contribution in [0.25, 0.3) is 138 Å². The molecule has 0 atom stereocenters. The van der Waals surface area contributed by atoms with Crippen molar-refractivity contribution in [2.24, 2.45) is 0 Å². The van der Waals surface area contributed by atoms with E-state index in [9.17, 15) is 0 Å². The van der Waals surface area contributed by atoms with E-state index >= 15 is 0 Å². The second kappa shape index (κ2) is 12.9. The Kier molecular flexibility index (Phi) is 7.02. The van der Waals surface area contributed by atoms with Crippen molar-refractivity contribution in [3.63, 3.8) is 0 Å². The minimum absolute atomic E-state index is 0.554. The Hall–Kier alpha value is -8.61. The molecule has 0 saturated heterocycles. The third kappa shape index (κ3) is 5.15. The molecule has 0 unspecified atom stereocenters. The number of aromatic nitrogens is 4. The first kappa shape index (κ1) is 34.1. The molecule has 0 N–H and O–H groups in total. The highest BCUT2D eigenvalue weighted by Gasteiger charge is 2.23. The van der Waals surface area contributed by atoms with Crippen LogP contribution in [-0.2, 0) is 0 Å². The van der Waals surface area contributed by atoms with Crippen LogP contribution in [0, 0.1) is 0 Å². The van der Waals surface area contributed by atoms with Crippen molar-refractivity contribution < 1.29 is 8.83 Å². The van der Waals surface area contributed by atoms with Crippen LogP contribution in [0.5, 0.6) is 0 Å². The zero-order valence-electron chi connectivity index (χ0n) is 33.6. The van der Waals surface area contributed by atoms with Gasteiger partial charge in [0.1, 0.15) is 16.7 Å². The van der Waals surface area contributed by atoms with Gasteiger partial charge in [-0.2, -0.15) is 0 Å². The fraction of sp³-hybridized carbons (Fsp3) is 0. The highest BCUT2D eigenvalue weighted by Crippen LogP contribution is 2.43. The predicted molar refractivity (Wildman–Crippen MR) is 258 cm³/mol. The van der Waals surface area contributed by atoms with Crippen LogP contribution in [0.3, 0.4) is 0 Å². The maximum Gasteiger partial charge on any atom is 0.164 e. The topological polar surface area (TPSA) is 69.9 Å². The van der Waals surface area contributed by atoms with Crippen LogP contribution in [-0.4, -0.2) is 19.5 Å². The number of hydrogen-bond acceptors (Lipinski definition) is 5. The van der Waals surface area contributed by atoms with Crippen LogP contribution in [0.2, 0.25) is 0 Å². The van der Waals surface area contributed by atoms with Gasteiger partial charge < -0.3 is 13.4 Å². The fourth-order valence-corrected chi connectivity index (χ4v) is 9.80. The summed E-state index contributed by atoms with van der Waals surface area (Å²) in [6, 6.07) is 68.1. The average Bonchev–Trinajstić information content (AvgIpc) is 4.01. The van der Waals surface area contributed by atoms with Gasteiger partial charge in [-0.1, -0.05) is 133 Å². The van der Waals surface area contributed by atoms with Gasteiger partial charge in [0, 0.05) is 49.0 Å². The van der Waals surface area contributed by atoms with E-state index in [1.165, 1.54) is 32.3 Å². The summed E-state index contributed by atoms with van der Waals surface area (Å²) in [5.41, 5.74) is 8.90. The van der Waals surface area contributed by atoms with E-state index in [2.05, 4.69) is 156 Å². The first-order chi connectivity index (χ1) is 31.2. The fourth-order valence-electron chi connectivity index (χ4n) is 9.80. The van der Waals surface area contributed by atoms with Crippen molar-refractivity contribution in [1.29, 1.82) is 0 Å². The molecule has 63 heavy (non-hydrogen) atoms.